The Bertz CT molecular complexity index is 397. The van der Waals surface area contributed by atoms with Gasteiger partial charge in [0.1, 0.15) is 0 Å². The quantitative estimate of drug-likeness (QED) is 0.760. The van der Waals surface area contributed by atoms with Crippen LogP contribution in [-0.4, -0.2) is 27.5 Å². The maximum Gasteiger partial charge on any atom is 0.237 e. The van der Waals surface area contributed by atoms with Gasteiger partial charge in [-0.25, -0.2) is 4.98 Å². The molecule has 1 aromatic heterocycles. The van der Waals surface area contributed by atoms with E-state index in [0.717, 1.165) is 31.5 Å². The highest BCUT2D eigenvalue weighted by atomic mass is 16.2. The molecule has 0 saturated heterocycles. The minimum Gasteiger partial charge on any atom is -0.352 e. The molecule has 1 atom stereocenters. The van der Waals surface area contributed by atoms with Gasteiger partial charge in [0, 0.05) is 25.3 Å². The summed E-state index contributed by atoms with van der Waals surface area (Å²) in [7, 11) is 0. The second-order valence-electron chi connectivity index (χ2n) is 4.96. The summed E-state index contributed by atoms with van der Waals surface area (Å²) < 4.78 is 2.12. The molecular formula is C13H22N4O. The van der Waals surface area contributed by atoms with E-state index in [9.17, 15) is 4.79 Å². The molecule has 1 aliphatic carbocycles. The summed E-state index contributed by atoms with van der Waals surface area (Å²) in [4.78, 5) is 15.9. The molecule has 1 heterocycles. The van der Waals surface area contributed by atoms with E-state index in [1.807, 2.05) is 19.4 Å². The number of nitrogens with one attached hydrogen (secondary N) is 2. The highest BCUT2D eigenvalue weighted by molar-refractivity contribution is 5.81. The van der Waals surface area contributed by atoms with Crippen LogP contribution < -0.4 is 10.6 Å². The van der Waals surface area contributed by atoms with Crippen molar-refractivity contribution in [2.45, 2.75) is 58.3 Å². The van der Waals surface area contributed by atoms with Gasteiger partial charge in [-0.1, -0.05) is 6.92 Å². The van der Waals surface area contributed by atoms with E-state index in [2.05, 4.69) is 27.1 Å². The van der Waals surface area contributed by atoms with Crippen molar-refractivity contribution in [1.29, 1.82) is 0 Å². The van der Waals surface area contributed by atoms with Gasteiger partial charge in [0.05, 0.1) is 18.1 Å². The zero-order valence-corrected chi connectivity index (χ0v) is 11.1. The van der Waals surface area contributed by atoms with Gasteiger partial charge < -0.3 is 15.2 Å². The number of carbonyl (C=O) groups excluding carboxylic acids is 1. The zero-order valence-electron chi connectivity index (χ0n) is 11.1. The van der Waals surface area contributed by atoms with Gasteiger partial charge >= 0.3 is 0 Å². The minimum atomic E-state index is -0.157. The number of carbonyl (C=O) groups is 1. The Balaban J connectivity index is 1.78. The van der Waals surface area contributed by atoms with Gasteiger partial charge in [-0.15, -0.1) is 0 Å². The van der Waals surface area contributed by atoms with Gasteiger partial charge in [0.2, 0.25) is 5.91 Å². The number of hydrogen-bond acceptors (Lipinski definition) is 3. The first-order chi connectivity index (χ1) is 8.70. The lowest BCUT2D eigenvalue weighted by molar-refractivity contribution is -0.122. The Hall–Kier alpha value is -1.36. The Labute approximate surface area is 108 Å². The second kappa shape index (κ2) is 6.00. The summed E-state index contributed by atoms with van der Waals surface area (Å²) in [5.74, 6) is 0.0963. The Morgan fingerprint density at radius 3 is 3.06 bits per heavy atom. The molecule has 0 radical (unpaired) electrons. The van der Waals surface area contributed by atoms with E-state index in [1.165, 1.54) is 0 Å². The molecule has 2 rings (SSSR count). The van der Waals surface area contributed by atoms with Crippen LogP contribution in [0, 0.1) is 0 Å². The number of rotatable bonds is 7. The van der Waals surface area contributed by atoms with Crippen molar-refractivity contribution in [2.75, 3.05) is 0 Å². The molecule has 1 aliphatic rings. The number of imidazole rings is 1. The van der Waals surface area contributed by atoms with Crippen molar-refractivity contribution in [3.63, 3.8) is 0 Å². The molecule has 2 N–H and O–H groups in total. The fraction of sp³-hybridized carbons (Fsp3) is 0.692. The van der Waals surface area contributed by atoms with Crippen LogP contribution in [0.5, 0.6) is 0 Å². The SMILES string of the molecule is CCCn1cncc1CNC(C)C(=O)NC1CC1. The number of hydrogen-bond donors (Lipinski definition) is 2. The average molecular weight is 250 g/mol. The molecule has 0 aromatic carbocycles. The van der Waals surface area contributed by atoms with Crippen molar-refractivity contribution in [2.24, 2.45) is 0 Å². The third-order valence-electron chi connectivity index (χ3n) is 3.17. The first kappa shape index (κ1) is 13.1. The van der Waals surface area contributed by atoms with Gasteiger partial charge in [0.25, 0.3) is 0 Å². The van der Waals surface area contributed by atoms with E-state index < -0.39 is 0 Å². The first-order valence-electron chi connectivity index (χ1n) is 6.73. The lowest BCUT2D eigenvalue weighted by atomic mass is 10.3. The molecule has 0 spiro atoms. The van der Waals surface area contributed by atoms with Crippen LogP contribution in [0.15, 0.2) is 12.5 Å². The average Bonchev–Trinajstić information content (AvgIpc) is 3.05. The number of nitrogens with zero attached hydrogens (tertiary/aromatic N) is 2. The lowest BCUT2D eigenvalue weighted by Crippen LogP contribution is -2.42. The van der Waals surface area contributed by atoms with Crippen molar-refractivity contribution >= 4 is 5.91 Å². The summed E-state index contributed by atoms with van der Waals surface area (Å²) in [5, 5.41) is 6.24. The van der Waals surface area contributed by atoms with Gasteiger partial charge in [-0.3, -0.25) is 4.79 Å². The molecule has 1 unspecified atom stereocenters. The Morgan fingerprint density at radius 1 is 1.61 bits per heavy atom. The molecular weight excluding hydrogens is 228 g/mol. The predicted molar refractivity (Wildman–Crippen MR) is 70.0 cm³/mol. The van der Waals surface area contributed by atoms with Crippen molar-refractivity contribution < 1.29 is 4.79 Å². The second-order valence-corrected chi connectivity index (χ2v) is 4.96. The molecule has 1 amide bonds. The summed E-state index contributed by atoms with van der Waals surface area (Å²) in [6.45, 7) is 5.69. The van der Waals surface area contributed by atoms with Gasteiger partial charge in [-0.2, -0.15) is 0 Å². The van der Waals surface area contributed by atoms with Crippen molar-refractivity contribution in [1.82, 2.24) is 20.2 Å². The van der Waals surface area contributed by atoms with Crippen LogP contribution >= 0.6 is 0 Å². The number of amides is 1. The molecule has 1 aromatic rings. The highest BCUT2D eigenvalue weighted by Crippen LogP contribution is 2.18. The highest BCUT2D eigenvalue weighted by Gasteiger charge is 2.25. The van der Waals surface area contributed by atoms with Crippen LogP contribution in [-0.2, 0) is 17.9 Å². The third kappa shape index (κ3) is 3.57. The molecule has 0 aliphatic heterocycles. The van der Waals surface area contributed by atoms with Gasteiger partial charge in [-0.05, 0) is 26.2 Å². The van der Waals surface area contributed by atoms with Crippen LogP contribution in [0.2, 0.25) is 0 Å². The third-order valence-corrected chi connectivity index (χ3v) is 3.17. The summed E-state index contributed by atoms with van der Waals surface area (Å²) in [6, 6.07) is 0.267. The summed E-state index contributed by atoms with van der Waals surface area (Å²) in [6.07, 6.45) is 7.04. The molecule has 100 valence electrons. The summed E-state index contributed by atoms with van der Waals surface area (Å²) in [5.41, 5.74) is 1.13. The number of aromatic nitrogens is 2. The number of aryl methyl sites for hydroxylation is 1. The smallest absolute Gasteiger partial charge is 0.237 e. The van der Waals surface area contributed by atoms with Gasteiger partial charge in [0.15, 0.2) is 0 Å². The molecule has 5 heteroatoms. The molecule has 1 fully saturated rings. The standard InChI is InChI=1S/C13H22N4O/c1-3-6-17-9-14-7-12(17)8-15-10(2)13(18)16-11-4-5-11/h7,9-11,15H,3-6,8H2,1-2H3,(H,16,18). The fourth-order valence-electron chi connectivity index (χ4n) is 1.84. The van der Waals surface area contributed by atoms with Crippen molar-refractivity contribution in [3.8, 4) is 0 Å². The first-order valence-corrected chi connectivity index (χ1v) is 6.73. The van der Waals surface area contributed by atoms with Crippen LogP contribution in [0.1, 0.15) is 38.8 Å². The largest absolute Gasteiger partial charge is 0.352 e. The van der Waals surface area contributed by atoms with Crippen molar-refractivity contribution in [3.05, 3.63) is 18.2 Å². The minimum absolute atomic E-state index is 0.0963. The molecule has 18 heavy (non-hydrogen) atoms. The Morgan fingerprint density at radius 2 is 2.39 bits per heavy atom. The predicted octanol–water partition coefficient (Wildman–Crippen LogP) is 1.05. The van der Waals surface area contributed by atoms with E-state index in [4.69, 9.17) is 0 Å². The Kier molecular flexibility index (Phi) is 4.36. The fourth-order valence-corrected chi connectivity index (χ4v) is 1.84. The normalized spacial score (nSPS) is 16.6. The van der Waals surface area contributed by atoms with E-state index in [-0.39, 0.29) is 11.9 Å². The molecule has 0 bridgehead atoms. The zero-order chi connectivity index (χ0) is 13.0. The molecule has 5 nitrogen and oxygen atoms in total. The summed E-state index contributed by atoms with van der Waals surface area (Å²) >= 11 is 0. The van der Waals surface area contributed by atoms with E-state index in [1.54, 1.807) is 0 Å². The van der Waals surface area contributed by atoms with Crippen LogP contribution in [0.4, 0.5) is 0 Å². The maximum absolute atomic E-state index is 11.8. The maximum atomic E-state index is 11.8. The van der Waals surface area contributed by atoms with Crippen LogP contribution in [0.25, 0.3) is 0 Å². The van der Waals surface area contributed by atoms with Crippen LogP contribution in [0.3, 0.4) is 0 Å². The molecule has 1 saturated carbocycles. The van der Waals surface area contributed by atoms with E-state index in [0.29, 0.717) is 12.6 Å². The topological polar surface area (TPSA) is 59.0 Å². The monoisotopic (exact) mass is 250 g/mol. The van der Waals surface area contributed by atoms with E-state index >= 15 is 0 Å². The lowest BCUT2D eigenvalue weighted by Gasteiger charge is -2.14.